The van der Waals surface area contributed by atoms with Crippen LogP contribution in [0.5, 0.6) is 0 Å². The van der Waals surface area contributed by atoms with Gasteiger partial charge in [0.2, 0.25) is 0 Å². The summed E-state index contributed by atoms with van der Waals surface area (Å²) in [5, 5.41) is 9.57. The standard InChI is InChI=1S/C23H31N5O2.HI/c1-17-13-21(16-28(17)15-19-7-5-4-6-8-19)26-22(24-2)25-14-18-9-11-20(12-10-18)27-23(29)30-3;/h4-12,17,21H,13-16H2,1-3H3,(H,27,29)(H2,24,25,26);1H. The lowest BCUT2D eigenvalue weighted by Gasteiger charge is -2.21. The van der Waals surface area contributed by atoms with Crippen molar-refractivity contribution in [1.29, 1.82) is 0 Å². The molecule has 2 aromatic rings. The second-order valence-electron chi connectivity index (χ2n) is 7.58. The number of amides is 1. The lowest BCUT2D eigenvalue weighted by molar-refractivity contribution is 0.187. The summed E-state index contributed by atoms with van der Waals surface area (Å²) in [4.78, 5) is 18.1. The second-order valence-corrected chi connectivity index (χ2v) is 7.58. The average molecular weight is 537 g/mol. The third-order valence-electron chi connectivity index (χ3n) is 5.34. The molecule has 168 valence electrons. The number of carbonyl (C=O) groups is 1. The van der Waals surface area contributed by atoms with Crippen molar-refractivity contribution in [3.8, 4) is 0 Å². The number of ether oxygens (including phenoxy) is 1. The Hall–Kier alpha value is -2.33. The van der Waals surface area contributed by atoms with Crippen LogP contribution in [0.25, 0.3) is 0 Å². The molecule has 1 saturated heterocycles. The lowest BCUT2D eigenvalue weighted by atomic mass is 10.2. The van der Waals surface area contributed by atoms with E-state index in [1.54, 1.807) is 7.05 Å². The molecule has 1 amide bonds. The van der Waals surface area contributed by atoms with Gasteiger partial charge in [-0.2, -0.15) is 0 Å². The predicted molar refractivity (Wildman–Crippen MR) is 136 cm³/mol. The third-order valence-corrected chi connectivity index (χ3v) is 5.34. The van der Waals surface area contributed by atoms with Gasteiger partial charge in [0, 0.05) is 44.5 Å². The molecule has 0 spiro atoms. The van der Waals surface area contributed by atoms with E-state index in [4.69, 9.17) is 0 Å². The fraction of sp³-hybridized carbons (Fsp3) is 0.391. The number of hydrogen-bond acceptors (Lipinski definition) is 4. The van der Waals surface area contributed by atoms with Crippen molar-refractivity contribution in [3.05, 3.63) is 65.7 Å². The minimum Gasteiger partial charge on any atom is -0.453 e. The predicted octanol–water partition coefficient (Wildman–Crippen LogP) is 3.81. The Morgan fingerprint density at radius 2 is 1.84 bits per heavy atom. The van der Waals surface area contributed by atoms with Crippen molar-refractivity contribution in [2.24, 2.45) is 4.99 Å². The van der Waals surface area contributed by atoms with Crippen molar-refractivity contribution < 1.29 is 9.53 Å². The van der Waals surface area contributed by atoms with E-state index in [9.17, 15) is 4.79 Å². The summed E-state index contributed by atoms with van der Waals surface area (Å²) >= 11 is 0. The number of nitrogens with one attached hydrogen (secondary N) is 3. The molecule has 2 unspecified atom stereocenters. The highest BCUT2D eigenvalue weighted by Gasteiger charge is 2.29. The normalized spacial score (nSPS) is 18.7. The van der Waals surface area contributed by atoms with Crippen molar-refractivity contribution in [1.82, 2.24) is 15.5 Å². The smallest absolute Gasteiger partial charge is 0.411 e. The van der Waals surface area contributed by atoms with Gasteiger partial charge in [-0.05, 0) is 36.6 Å². The number of anilines is 1. The molecule has 0 saturated carbocycles. The number of halogens is 1. The zero-order valence-corrected chi connectivity index (χ0v) is 20.6. The first-order chi connectivity index (χ1) is 14.6. The molecule has 0 aliphatic carbocycles. The van der Waals surface area contributed by atoms with Crippen LogP contribution in [-0.2, 0) is 17.8 Å². The first-order valence-electron chi connectivity index (χ1n) is 10.3. The van der Waals surface area contributed by atoms with Crippen LogP contribution < -0.4 is 16.0 Å². The number of aliphatic imine (C=N–C) groups is 1. The van der Waals surface area contributed by atoms with Crippen LogP contribution in [0.2, 0.25) is 0 Å². The van der Waals surface area contributed by atoms with Gasteiger partial charge in [-0.1, -0.05) is 42.5 Å². The summed E-state index contributed by atoms with van der Waals surface area (Å²) in [5.74, 6) is 0.797. The van der Waals surface area contributed by atoms with E-state index in [0.29, 0.717) is 24.3 Å². The molecule has 1 fully saturated rings. The zero-order valence-electron chi connectivity index (χ0n) is 18.3. The number of hydrogen-bond donors (Lipinski definition) is 3. The van der Waals surface area contributed by atoms with Gasteiger partial charge in [0.05, 0.1) is 7.11 Å². The van der Waals surface area contributed by atoms with E-state index in [1.807, 2.05) is 24.3 Å². The van der Waals surface area contributed by atoms with Crippen molar-refractivity contribution in [2.45, 2.75) is 38.5 Å². The minimum atomic E-state index is -0.474. The summed E-state index contributed by atoms with van der Waals surface area (Å²) in [7, 11) is 3.14. The van der Waals surface area contributed by atoms with Gasteiger partial charge in [-0.25, -0.2) is 4.79 Å². The van der Waals surface area contributed by atoms with E-state index in [2.05, 4.69) is 67.8 Å². The molecule has 2 aromatic carbocycles. The van der Waals surface area contributed by atoms with Crippen LogP contribution in [0.1, 0.15) is 24.5 Å². The van der Waals surface area contributed by atoms with Crippen LogP contribution in [0.3, 0.4) is 0 Å². The first-order valence-corrected chi connectivity index (χ1v) is 10.3. The van der Waals surface area contributed by atoms with E-state index < -0.39 is 6.09 Å². The lowest BCUT2D eigenvalue weighted by Crippen LogP contribution is -2.44. The third kappa shape index (κ3) is 7.70. The number of guanidine groups is 1. The summed E-state index contributed by atoms with van der Waals surface area (Å²) < 4.78 is 4.60. The maximum Gasteiger partial charge on any atom is 0.411 e. The van der Waals surface area contributed by atoms with Crippen LogP contribution in [0, 0.1) is 0 Å². The largest absolute Gasteiger partial charge is 0.453 e. The Morgan fingerprint density at radius 3 is 2.48 bits per heavy atom. The number of methoxy groups -OCH3 is 1. The van der Waals surface area contributed by atoms with E-state index in [-0.39, 0.29) is 24.0 Å². The molecule has 31 heavy (non-hydrogen) atoms. The van der Waals surface area contributed by atoms with Gasteiger partial charge in [0.15, 0.2) is 5.96 Å². The van der Waals surface area contributed by atoms with Crippen molar-refractivity contribution in [2.75, 3.05) is 26.0 Å². The maximum absolute atomic E-state index is 11.3. The number of likely N-dealkylation sites (tertiary alicyclic amines) is 1. The van der Waals surface area contributed by atoms with Gasteiger partial charge in [0.25, 0.3) is 0 Å². The van der Waals surface area contributed by atoms with Gasteiger partial charge in [-0.3, -0.25) is 15.2 Å². The van der Waals surface area contributed by atoms with Gasteiger partial charge >= 0.3 is 6.09 Å². The average Bonchev–Trinajstić information content (AvgIpc) is 3.11. The number of carbonyl (C=O) groups excluding carboxylic acids is 1. The zero-order chi connectivity index (χ0) is 21.3. The van der Waals surface area contributed by atoms with E-state index >= 15 is 0 Å². The summed E-state index contributed by atoms with van der Waals surface area (Å²) in [5.41, 5.74) is 3.14. The molecule has 1 heterocycles. The molecule has 3 rings (SSSR count). The number of rotatable bonds is 6. The van der Waals surface area contributed by atoms with Crippen molar-refractivity contribution >= 4 is 41.7 Å². The molecule has 0 aromatic heterocycles. The Labute approximate surface area is 201 Å². The molecule has 0 bridgehead atoms. The van der Waals surface area contributed by atoms with Crippen LogP contribution >= 0.6 is 24.0 Å². The molecular weight excluding hydrogens is 505 g/mol. The topological polar surface area (TPSA) is 78.0 Å². The molecule has 1 aliphatic heterocycles. The quantitative estimate of drug-likeness (QED) is 0.297. The molecule has 2 atom stereocenters. The molecule has 3 N–H and O–H groups in total. The van der Waals surface area contributed by atoms with Gasteiger partial charge in [-0.15, -0.1) is 24.0 Å². The molecule has 1 aliphatic rings. The SMILES string of the molecule is CN=C(NCc1ccc(NC(=O)OC)cc1)NC1CC(C)N(Cc2ccccc2)C1.I. The highest BCUT2D eigenvalue weighted by atomic mass is 127. The van der Waals surface area contributed by atoms with Crippen LogP contribution in [0.4, 0.5) is 10.5 Å². The van der Waals surface area contributed by atoms with Crippen LogP contribution in [-0.4, -0.2) is 49.7 Å². The number of nitrogens with zero attached hydrogens (tertiary/aromatic N) is 2. The maximum atomic E-state index is 11.3. The summed E-state index contributed by atoms with van der Waals surface area (Å²) in [6.07, 6.45) is 0.610. The Bertz CT molecular complexity index is 845. The van der Waals surface area contributed by atoms with Gasteiger partial charge in [0.1, 0.15) is 0 Å². The summed E-state index contributed by atoms with van der Waals surface area (Å²) in [6, 6.07) is 19.1. The molecular formula is C23H32IN5O2. The highest BCUT2D eigenvalue weighted by Crippen LogP contribution is 2.20. The highest BCUT2D eigenvalue weighted by molar-refractivity contribution is 14.0. The molecule has 0 radical (unpaired) electrons. The molecule has 8 heteroatoms. The Kier molecular flexibility index (Phi) is 10.1. The molecule has 7 nitrogen and oxygen atoms in total. The second kappa shape index (κ2) is 12.5. The monoisotopic (exact) mass is 537 g/mol. The van der Waals surface area contributed by atoms with E-state index in [1.165, 1.54) is 12.7 Å². The fourth-order valence-electron chi connectivity index (χ4n) is 3.69. The Morgan fingerprint density at radius 1 is 1.13 bits per heavy atom. The number of benzene rings is 2. The van der Waals surface area contributed by atoms with Gasteiger partial charge < -0.3 is 15.4 Å². The first kappa shape index (κ1) is 24.9. The fourth-order valence-corrected chi connectivity index (χ4v) is 3.69. The van der Waals surface area contributed by atoms with Crippen molar-refractivity contribution in [3.63, 3.8) is 0 Å². The van der Waals surface area contributed by atoms with E-state index in [0.717, 1.165) is 31.0 Å². The van der Waals surface area contributed by atoms with Crippen LogP contribution in [0.15, 0.2) is 59.6 Å². The Balaban J connectivity index is 0.00000341. The summed E-state index contributed by atoms with van der Waals surface area (Å²) in [6.45, 7) is 4.89. The minimum absolute atomic E-state index is 0.